The molecule has 8 rings (SSSR count). The van der Waals surface area contributed by atoms with E-state index in [-0.39, 0.29) is 75.1 Å². The average Bonchev–Trinajstić information content (AvgIpc) is 3.26. The van der Waals surface area contributed by atoms with Crippen LogP contribution in [0.4, 0.5) is 29.1 Å². The molecule has 15 nitrogen and oxygen atoms in total. The standard InChI is InChI=1S/C15H11ClFN3.C8H4ClFN2.C8H5FN2O.C7H6FNO2.C2H7N.CH3NO.4CH4.Cl2OS/c16-11-3-1-10(2-4-11)8-18-15-13-7-12(17)5-6-14(13)19-9-20-15;9-8-6-3-5(10)1-2-7(6)11-4-12-8;9-5-1-2-7-6(3-5)8(12)11-4-10-7;8-4-1-2-6(9)5(3-4)7(10)11;1-2-3;2-1-3;;;;;1-4(2)3/h1-7,9H,8H2,(H,18,19,20);1-4H;1-4H,(H,10,11,12);1-3H,9H2,(H,10,11);2-3H2,1H3;1H,(H2,2,3);4*1H4;. The van der Waals surface area contributed by atoms with Crippen LogP contribution in [0.3, 0.4) is 0 Å². The minimum atomic E-state index is -1.67. The van der Waals surface area contributed by atoms with E-state index >= 15 is 0 Å². The molecule has 3 heterocycles. The van der Waals surface area contributed by atoms with Crippen LogP contribution >= 0.6 is 44.6 Å². The number of nitrogens with zero attached hydrogens (tertiary/aromatic N) is 5. The highest BCUT2D eigenvalue weighted by atomic mass is 36.0. The van der Waals surface area contributed by atoms with Gasteiger partial charge in [-0.1, -0.05) is 72.0 Å². The van der Waals surface area contributed by atoms with Gasteiger partial charge in [0, 0.05) is 49.4 Å². The summed E-state index contributed by atoms with van der Waals surface area (Å²) in [4.78, 5) is 52.1. The number of rotatable bonds is 4. The minimum Gasteiger partial charge on any atom is -0.478 e. The van der Waals surface area contributed by atoms with Crippen LogP contribution < -0.4 is 28.1 Å². The third-order valence-corrected chi connectivity index (χ3v) is 7.92. The van der Waals surface area contributed by atoms with E-state index < -0.39 is 26.8 Å². The molecule has 9 N–H and O–H groups in total. The molecule has 8 aromatic rings. The van der Waals surface area contributed by atoms with Crippen LogP contribution in [0, 0.1) is 23.3 Å². The second-order valence-electron chi connectivity index (χ2n) is 11.8. The number of carbonyl (C=O) groups excluding carboxylic acids is 1. The van der Waals surface area contributed by atoms with Gasteiger partial charge in [-0.15, -0.1) is 0 Å². The fraction of sp³-hybridized carbons (Fsp3) is 0.156. The lowest BCUT2D eigenvalue weighted by Crippen LogP contribution is -2.06. The summed E-state index contributed by atoms with van der Waals surface area (Å²) in [5.41, 5.74) is 16.7. The Morgan fingerprint density at radius 2 is 1.14 bits per heavy atom. The maximum Gasteiger partial charge on any atom is 0.337 e. The number of amides is 1. The lowest BCUT2D eigenvalue weighted by molar-refractivity contribution is -0.106. The number of aromatic amines is 1. The molecule has 0 aliphatic carbocycles. The molecule has 0 unspecified atom stereocenters. The number of carboxylic acids is 1. The normalized spacial score (nSPS) is 9.20. The van der Waals surface area contributed by atoms with Crippen molar-refractivity contribution in [3.63, 3.8) is 0 Å². The molecule has 0 aliphatic heterocycles. The predicted molar refractivity (Wildman–Crippen MR) is 275 cm³/mol. The van der Waals surface area contributed by atoms with E-state index in [1.165, 1.54) is 67.5 Å². The molecule has 0 bridgehead atoms. The molecular weight excluding hydrogens is 1010 g/mol. The van der Waals surface area contributed by atoms with Crippen LogP contribution in [0.15, 0.2) is 121 Å². The fourth-order valence-corrected chi connectivity index (χ4v) is 5.03. The SMILES string of the molecule is C.C.C.C.CCN.Fc1ccc2ncnc(Cl)c2c1.Fc1ccc2ncnc(NCc3ccc(Cl)cc3)c2c1.NC=O.Nc1ccc(F)cc1C(=O)O.O=S(Cl)Cl.O=c1[nH]cnc2ccc(F)cc12. The number of fused-ring (bicyclic) bond motifs is 3. The van der Waals surface area contributed by atoms with Crippen molar-refractivity contribution < 1.29 is 36.5 Å². The summed E-state index contributed by atoms with van der Waals surface area (Å²) >= 11 is 11.6. The van der Waals surface area contributed by atoms with Crippen molar-refractivity contribution in [3.05, 3.63) is 171 Å². The highest BCUT2D eigenvalue weighted by Crippen LogP contribution is 2.22. The van der Waals surface area contributed by atoms with Crippen LogP contribution in [0.25, 0.3) is 32.7 Å². The van der Waals surface area contributed by atoms with Crippen LogP contribution in [-0.4, -0.2) is 58.1 Å². The molecule has 0 aliphatic rings. The molecule has 0 radical (unpaired) electrons. The van der Waals surface area contributed by atoms with Gasteiger partial charge in [-0.25, -0.2) is 51.5 Å². The van der Waals surface area contributed by atoms with Gasteiger partial charge in [-0.3, -0.25) is 9.59 Å². The number of nitrogens with two attached hydrogens (primary N) is 3. The Hall–Kier alpha value is -6.55. The zero-order chi connectivity index (χ0) is 48.5. The number of nitrogens with one attached hydrogen (secondary N) is 2. The van der Waals surface area contributed by atoms with Crippen molar-refractivity contribution in [1.29, 1.82) is 0 Å². The first kappa shape index (κ1) is 66.7. The smallest absolute Gasteiger partial charge is 0.337 e. The second-order valence-corrected chi connectivity index (χ2v) is 15.2. The van der Waals surface area contributed by atoms with E-state index in [1.54, 1.807) is 12.1 Å². The monoisotopic (exact) mass is 1060 g/mol. The molecule has 0 fully saturated rings. The van der Waals surface area contributed by atoms with E-state index in [1.807, 2.05) is 31.2 Å². The number of hydrogen-bond acceptors (Lipinski definition) is 12. The molecule has 24 heteroatoms. The van der Waals surface area contributed by atoms with Crippen LogP contribution in [-0.2, 0) is 20.6 Å². The van der Waals surface area contributed by atoms with Gasteiger partial charge in [-0.05, 0) is 97.0 Å². The number of halogens is 8. The van der Waals surface area contributed by atoms with Gasteiger partial charge >= 0.3 is 5.97 Å². The Kier molecular flexibility index (Phi) is 34.4. The molecule has 0 spiro atoms. The van der Waals surface area contributed by atoms with E-state index in [0.717, 1.165) is 24.2 Å². The van der Waals surface area contributed by atoms with E-state index in [0.29, 0.717) is 44.7 Å². The van der Waals surface area contributed by atoms with E-state index in [2.05, 4.69) is 62.3 Å². The highest BCUT2D eigenvalue weighted by Gasteiger charge is 2.08. The van der Waals surface area contributed by atoms with E-state index in [4.69, 9.17) is 48.8 Å². The predicted octanol–water partition coefficient (Wildman–Crippen LogP) is 11.3. The van der Waals surface area contributed by atoms with Gasteiger partial charge in [0.2, 0.25) is 15.6 Å². The number of carboxylic acid groups (broad SMARTS) is 1. The number of carbonyl (C=O) groups is 2. The number of primary amides is 1. The largest absolute Gasteiger partial charge is 0.478 e. The van der Waals surface area contributed by atoms with Crippen molar-refractivity contribution in [2.75, 3.05) is 17.6 Å². The molecule has 374 valence electrons. The number of aromatic carboxylic acids is 1. The van der Waals surface area contributed by atoms with Crippen LogP contribution in [0.2, 0.25) is 10.2 Å². The van der Waals surface area contributed by atoms with Crippen LogP contribution in [0.5, 0.6) is 0 Å². The van der Waals surface area contributed by atoms with Crippen molar-refractivity contribution in [1.82, 2.24) is 29.9 Å². The topological polar surface area (TPSA) is 259 Å². The average molecular weight is 1060 g/mol. The number of hydrogen-bond donors (Lipinski definition) is 6. The Balaban J connectivity index is -0.000000793. The lowest BCUT2D eigenvalue weighted by atomic mass is 10.2. The summed E-state index contributed by atoms with van der Waals surface area (Å²) in [6.45, 7) is 3.24. The Bertz CT molecular complexity index is 2870. The summed E-state index contributed by atoms with van der Waals surface area (Å²) in [6, 6.07) is 23.3. The molecule has 0 saturated carbocycles. The molecule has 0 atom stereocenters. The minimum absolute atomic E-state index is 0. The Morgan fingerprint density at radius 3 is 1.64 bits per heavy atom. The molecule has 1 amide bonds. The molecule has 3 aromatic heterocycles. The van der Waals surface area contributed by atoms with Gasteiger partial charge in [0.15, 0.2) is 0 Å². The summed E-state index contributed by atoms with van der Waals surface area (Å²) in [5, 5.41) is 14.1. The summed E-state index contributed by atoms with van der Waals surface area (Å²) in [7, 11) is 7.36. The third kappa shape index (κ3) is 24.3. The third-order valence-electron chi connectivity index (χ3n) is 7.37. The number of nitrogen functional groups attached to an aromatic ring is 1. The lowest BCUT2D eigenvalue weighted by Gasteiger charge is -2.08. The fourth-order valence-electron chi connectivity index (χ4n) is 4.71. The Morgan fingerprint density at radius 1 is 0.725 bits per heavy atom. The summed E-state index contributed by atoms with van der Waals surface area (Å²) in [5.74, 6) is -2.27. The maximum absolute atomic E-state index is 13.3. The van der Waals surface area contributed by atoms with Crippen LogP contribution in [0.1, 0.15) is 52.6 Å². The number of aromatic nitrogens is 6. The zero-order valence-corrected chi connectivity index (χ0v) is 37.3. The number of H-pyrrole nitrogens is 1. The van der Waals surface area contributed by atoms with Crippen molar-refractivity contribution in [2.45, 2.75) is 43.2 Å². The molecule has 5 aromatic carbocycles. The quantitative estimate of drug-likeness (QED) is 0.0315. The molecule has 0 saturated heterocycles. The Labute approximate surface area is 417 Å². The van der Waals surface area contributed by atoms with Crippen molar-refractivity contribution in [3.8, 4) is 0 Å². The first-order valence-electron chi connectivity index (χ1n) is 17.9. The number of anilines is 2. The van der Waals surface area contributed by atoms with Gasteiger partial charge < -0.3 is 32.6 Å². The van der Waals surface area contributed by atoms with E-state index in [9.17, 15) is 27.2 Å². The van der Waals surface area contributed by atoms with Gasteiger partial charge in [-0.2, -0.15) is 0 Å². The molecule has 69 heavy (non-hydrogen) atoms. The zero-order valence-electron chi connectivity index (χ0n) is 33.4. The molecular formula is C45H52Cl4F4N10O5S. The van der Waals surface area contributed by atoms with Gasteiger partial charge in [0.1, 0.15) is 46.9 Å². The van der Waals surface area contributed by atoms with Gasteiger partial charge in [0.05, 0.1) is 33.8 Å². The maximum atomic E-state index is 13.3. The first-order valence-corrected chi connectivity index (χ1v) is 21.5. The van der Waals surface area contributed by atoms with Gasteiger partial charge in [0.25, 0.3) is 5.56 Å². The summed E-state index contributed by atoms with van der Waals surface area (Å²) < 4.78 is 60.1. The highest BCUT2D eigenvalue weighted by molar-refractivity contribution is 8.26. The number of benzene rings is 5. The second kappa shape index (κ2) is 35.6. The van der Waals surface area contributed by atoms with Crippen molar-refractivity contribution >= 4 is 110 Å². The van der Waals surface area contributed by atoms with Crippen molar-refractivity contribution in [2.24, 2.45) is 11.5 Å². The summed E-state index contributed by atoms with van der Waals surface area (Å²) in [6.07, 6.45) is 4.36. The first-order chi connectivity index (χ1) is 30.9.